The van der Waals surface area contributed by atoms with E-state index in [-0.39, 0.29) is 18.5 Å². The van der Waals surface area contributed by atoms with E-state index in [2.05, 4.69) is 0 Å². The number of Topliss-reactive ketones (excluding diaryl/α,β-unsaturated/α-hetero) is 1. The van der Waals surface area contributed by atoms with Gasteiger partial charge in [-0.3, -0.25) is 4.79 Å². The third-order valence-corrected chi connectivity index (χ3v) is 6.03. The molecule has 0 spiro atoms. The smallest absolute Gasteiger partial charge is 0.187 e. The van der Waals surface area contributed by atoms with E-state index in [1.165, 1.54) is 6.92 Å². The van der Waals surface area contributed by atoms with E-state index in [1.54, 1.807) is 0 Å². The van der Waals surface area contributed by atoms with Crippen LogP contribution in [0.3, 0.4) is 0 Å². The van der Waals surface area contributed by atoms with Crippen molar-refractivity contribution in [3.63, 3.8) is 0 Å². The van der Waals surface area contributed by atoms with E-state index in [1.807, 2.05) is 97.9 Å². The summed E-state index contributed by atoms with van der Waals surface area (Å²) in [5.74, 6) is -0.0859. The van der Waals surface area contributed by atoms with Gasteiger partial charge in [0, 0.05) is 0 Å². The Kier molecular flexibility index (Phi) is 9.78. The first kappa shape index (κ1) is 26.2. The van der Waals surface area contributed by atoms with Crippen LogP contribution in [-0.2, 0) is 48.3 Å². The predicted molar refractivity (Wildman–Crippen MR) is 136 cm³/mol. The van der Waals surface area contributed by atoms with Crippen molar-refractivity contribution in [1.82, 2.24) is 0 Å². The number of carbonyl (C=O) groups excluding carboxylic acids is 1. The molecule has 5 atom stereocenters. The van der Waals surface area contributed by atoms with Gasteiger partial charge in [0.2, 0.25) is 0 Å². The fourth-order valence-corrected chi connectivity index (χ4v) is 4.20. The van der Waals surface area contributed by atoms with Crippen LogP contribution < -0.4 is 0 Å². The van der Waals surface area contributed by atoms with Crippen molar-refractivity contribution in [2.45, 2.75) is 64.4 Å². The molecule has 1 fully saturated rings. The van der Waals surface area contributed by atoms with Gasteiger partial charge in [-0.25, -0.2) is 0 Å². The molecule has 0 aromatic heterocycles. The predicted octanol–water partition coefficient (Wildman–Crippen LogP) is 5.09. The van der Waals surface area contributed by atoms with Crippen molar-refractivity contribution in [3.8, 4) is 0 Å². The average molecular weight is 491 g/mol. The number of carbonyl (C=O) groups is 1. The summed E-state index contributed by atoms with van der Waals surface area (Å²) in [6.07, 6.45) is -2.62. The topological polar surface area (TPSA) is 63.2 Å². The van der Waals surface area contributed by atoms with Crippen molar-refractivity contribution in [1.29, 1.82) is 0 Å². The standard InChI is InChI=1S/C30H34O6/c1-22(31)18-35-30-29(34-21-26-16-10-5-11-17-26)28(33-20-25-14-8-4-9-15-25)27(23(2)36-30)32-19-24-12-6-3-7-13-24/h3-17,23,27-30H,18-21H2,1-2H3/t23-,27+,28+,29-,30+/m0/s1. The lowest BCUT2D eigenvalue weighted by Crippen LogP contribution is -2.60. The molecule has 1 aliphatic heterocycles. The third kappa shape index (κ3) is 7.56. The molecule has 1 aliphatic rings. The summed E-state index contributed by atoms with van der Waals surface area (Å²) < 4.78 is 31.3. The molecule has 0 saturated carbocycles. The third-order valence-electron chi connectivity index (χ3n) is 6.03. The van der Waals surface area contributed by atoms with Gasteiger partial charge >= 0.3 is 0 Å². The second-order valence-corrected chi connectivity index (χ2v) is 9.01. The molecule has 0 aliphatic carbocycles. The van der Waals surface area contributed by atoms with Gasteiger partial charge in [0.05, 0.1) is 25.9 Å². The molecular weight excluding hydrogens is 456 g/mol. The molecule has 3 aromatic carbocycles. The van der Waals surface area contributed by atoms with Crippen molar-refractivity contribution < 1.29 is 28.5 Å². The molecule has 3 aromatic rings. The van der Waals surface area contributed by atoms with Crippen LogP contribution in [0.4, 0.5) is 0 Å². The first-order valence-electron chi connectivity index (χ1n) is 12.3. The van der Waals surface area contributed by atoms with E-state index in [4.69, 9.17) is 23.7 Å². The average Bonchev–Trinajstić information content (AvgIpc) is 2.91. The van der Waals surface area contributed by atoms with Gasteiger partial charge in [-0.2, -0.15) is 0 Å². The summed E-state index contributed by atoms with van der Waals surface area (Å²) in [5, 5.41) is 0. The SMILES string of the molecule is CC(=O)CO[C@@H]1O[C@@H](C)[C@@H](OCc2ccccc2)[C@@H](OCc2ccccc2)[C@@H]1OCc1ccccc1. The van der Waals surface area contributed by atoms with Crippen molar-refractivity contribution in [2.24, 2.45) is 0 Å². The maximum atomic E-state index is 11.7. The summed E-state index contributed by atoms with van der Waals surface area (Å²) in [6.45, 7) is 4.50. The van der Waals surface area contributed by atoms with E-state index >= 15 is 0 Å². The fourth-order valence-electron chi connectivity index (χ4n) is 4.20. The Bertz CT molecular complexity index is 1040. The first-order valence-corrected chi connectivity index (χ1v) is 12.3. The number of ether oxygens (including phenoxy) is 5. The van der Waals surface area contributed by atoms with Gasteiger partial charge in [-0.15, -0.1) is 0 Å². The Balaban J connectivity index is 1.57. The summed E-state index contributed by atoms with van der Waals surface area (Å²) >= 11 is 0. The summed E-state index contributed by atoms with van der Waals surface area (Å²) in [4.78, 5) is 11.7. The lowest BCUT2D eigenvalue weighted by molar-refractivity contribution is -0.318. The molecule has 1 heterocycles. The Morgan fingerprint density at radius 3 is 1.50 bits per heavy atom. The molecular formula is C30H34O6. The van der Waals surface area contributed by atoms with Gasteiger partial charge in [-0.1, -0.05) is 91.0 Å². The lowest BCUT2D eigenvalue weighted by atomic mass is 9.98. The van der Waals surface area contributed by atoms with Crippen LogP contribution >= 0.6 is 0 Å². The number of ketones is 1. The zero-order valence-corrected chi connectivity index (χ0v) is 20.8. The monoisotopic (exact) mass is 490 g/mol. The zero-order valence-electron chi connectivity index (χ0n) is 20.8. The van der Waals surface area contributed by atoms with Crippen LogP contribution in [0.5, 0.6) is 0 Å². The minimum absolute atomic E-state index is 0.0659. The zero-order chi connectivity index (χ0) is 25.2. The normalized spacial score (nSPS) is 23.9. The number of hydrogen-bond donors (Lipinski definition) is 0. The van der Waals surface area contributed by atoms with Gasteiger partial charge in [0.15, 0.2) is 12.1 Å². The van der Waals surface area contributed by atoms with Crippen LogP contribution in [0.1, 0.15) is 30.5 Å². The Hall–Kier alpha value is -2.87. The van der Waals surface area contributed by atoms with E-state index < -0.39 is 24.6 Å². The van der Waals surface area contributed by atoms with Crippen LogP contribution in [-0.4, -0.2) is 43.1 Å². The molecule has 0 bridgehead atoms. The largest absolute Gasteiger partial charge is 0.368 e. The van der Waals surface area contributed by atoms with Crippen LogP contribution in [0.2, 0.25) is 0 Å². The Labute approximate surface area is 213 Å². The molecule has 0 radical (unpaired) electrons. The van der Waals surface area contributed by atoms with E-state index in [0.29, 0.717) is 19.8 Å². The van der Waals surface area contributed by atoms with Crippen LogP contribution in [0, 0.1) is 0 Å². The van der Waals surface area contributed by atoms with Crippen molar-refractivity contribution in [2.75, 3.05) is 6.61 Å². The van der Waals surface area contributed by atoms with Crippen molar-refractivity contribution in [3.05, 3.63) is 108 Å². The highest BCUT2D eigenvalue weighted by molar-refractivity contribution is 5.76. The van der Waals surface area contributed by atoms with Gasteiger partial charge in [-0.05, 0) is 30.5 Å². The molecule has 190 valence electrons. The lowest BCUT2D eigenvalue weighted by Gasteiger charge is -2.45. The summed E-state index contributed by atoms with van der Waals surface area (Å²) in [7, 11) is 0. The quantitative estimate of drug-likeness (QED) is 0.352. The molecule has 36 heavy (non-hydrogen) atoms. The van der Waals surface area contributed by atoms with E-state index in [0.717, 1.165) is 16.7 Å². The number of benzene rings is 3. The molecule has 0 amide bonds. The molecule has 0 N–H and O–H groups in total. The summed E-state index contributed by atoms with van der Waals surface area (Å²) in [6, 6.07) is 29.9. The Morgan fingerprint density at radius 2 is 1.06 bits per heavy atom. The molecule has 0 unspecified atom stereocenters. The van der Waals surface area contributed by atoms with Crippen LogP contribution in [0.15, 0.2) is 91.0 Å². The minimum atomic E-state index is -0.773. The molecule has 1 saturated heterocycles. The van der Waals surface area contributed by atoms with Crippen LogP contribution in [0.25, 0.3) is 0 Å². The maximum absolute atomic E-state index is 11.7. The second kappa shape index (κ2) is 13.4. The highest BCUT2D eigenvalue weighted by Crippen LogP contribution is 2.31. The Morgan fingerprint density at radius 1 is 0.639 bits per heavy atom. The van der Waals surface area contributed by atoms with E-state index in [9.17, 15) is 4.79 Å². The molecule has 6 heteroatoms. The number of hydrogen-bond acceptors (Lipinski definition) is 6. The van der Waals surface area contributed by atoms with Crippen molar-refractivity contribution >= 4 is 5.78 Å². The second-order valence-electron chi connectivity index (χ2n) is 9.01. The first-order chi connectivity index (χ1) is 17.6. The molecule has 6 nitrogen and oxygen atoms in total. The van der Waals surface area contributed by atoms with Gasteiger partial charge in [0.1, 0.15) is 24.9 Å². The minimum Gasteiger partial charge on any atom is -0.368 e. The highest BCUT2D eigenvalue weighted by atomic mass is 16.7. The fraction of sp³-hybridized carbons (Fsp3) is 0.367. The highest BCUT2D eigenvalue weighted by Gasteiger charge is 2.47. The number of rotatable bonds is 12. The maximum Gasteiger partial charge on any atom is 0.187 e. The van der Waals surface area contributed by atoms with Gasteiger partial charge in [0.25, 0.3) is 0 Å². The van der Waals surface area contributed by atoms with Gasteiger partial charge < -0.3 is 23.7 Å². The molecule has 4 rings (SSSR count). The summed E-state index contributed by atoms with van der Waals surface area (Å²) in [5.41, 5.74) is 3.12.